The van der Waals surface area contributed by atoms with Gasteiger partial charge in [-0.05, 0) is 42.7 Å². The average Bonchev–Trinajstić information content (AvgIpc) is 2.55. The fourth-order valence-corrected chi connectivity index (χ4v) is 2.46. The zero-order valence-corrected chi connectivity index (χ0v) is 15.3. The summed E-state index contributed by atoms with van der Waals surface area (Å²) in [5.41, 5.74) is 1.52. The van der Waals surface area contributed by atoms with Gasteiger partial charge in [-0.1, -0.05) is 55.4 Å². The first kappa shape index (κ1) is 20.1. The molecule has 0 aliphatic carbocycles. The van der Waals surface area contributed by atoms with Gasteiger partial charge in [-0.15, -0.1) is 0 Å². The van der Waals surface area contributed by atoms with Crippen molar-refractivity contribution < 1.29 is 4.39 Å². The standard InChI is InChI=1S/C17H28FN.C2H6/c1-7-16(5,8-2)13-11-14(18)15(19-12-13)17(6,9-3)10-4;1-2/h11-12H,7-10H2,1-6H3;1-2H3. The maximum Gasteiger partial charge on any atom is 0.145 e. The summed E-state index contributed by atoms with van der Waals surface area (Å²) < 4.78 is 14.5. The van der Waals surface area contributed by atoms with Crippen LogP contribution in [0.4, 0.5) is 4.39 Å². The Morgan fingerprint density at radius 3 is 1.67 bits per heavy atom. The summed E-state index contributed by atoms with van der Waals surface area (Å²) in [7, 11) is 0. The third kappa shape index (κ3) is 4.28. The summed E-state index contributed by atoms with van der Waals surface area (Å²) in [5.74, 6) is -0.142. The van der Waals surface area contributed by atoms with Crippen LogP contribution in [0, 0.1) is 5.82 Å². The Balaban J connectivity index is 0.00000191. The normalized spacial score (nSPS) is 11.9. The molecule has 0 saturated carbocycles. The summed E-state index contributed by atoms with van der Waals surface area (Å²) in [6, 6.07) is 1.71. The van der Waals surface area contributed by atoms with Crippen molar-refractivity contribution >= 4 is 0 Å². The number of aromatic nitrogens is 1. The number of hydrogen-bond donors (Lipinski definition) is 0. The molecule has 0 spiro atoms. The van der Waals surface area contributed by atoms with Crippen molar-refractivity contribution in [3.63, 3.8) is 0 Å². The van der Waals surface area contributed by atoms with E-state index in [4.69, 9.17) is 0 Å². The van der Waals surface area contributed by atoms with Gasteiger partial charge in [0.25, 0.3) is 0 Å². The number of halogens is 1. The maximum atomic E-state index is 14.5. The molecule has 0 radical (unpaired) electrons. The highest BCUT2D eigenvalue weighted by atomic mass is 19.1. The molecule has 21 heavy (non-hydrogen) atoms. The molecular weight excluding hydrogens is 261 g/mol. The lowest BCUT2D eigenvalue weighted by molar-refractivity contribution is 0.392. The van der Waals surface area contributed by atoms with E-state index in [1.165, 1.54) is 0 Å². The highest BCUT2D eigenvalue weighted by Crippen LogP contribution is 2.35. The van der Waals surface area contributed by atoms with E-state index in [0.717, 1.165) is 31.2 Å². The van der Waals surface area contributed by atoms with Gasteiger partial charge in [0.2, 0.25) is 0 Å². The van der Waals surface area contributed by atoms with Crippen LogP contribution in [0.3, 0.4) is 0 Å². The Morgan fingerprint density at radius 2 is 1.33 bits per heavy atom. The van der Waals surface area contributed by atoms with Crippen LogP contribution in [0.2, 0.25) is 0 Å². The molecule has 0 bridgehead atoms. The van der Waals surface area contributed by atoms with Crippen molar-refractivity contribution in [2.75, 3.05) is 0 Å². The fraction of sp³-hybridized carbons (Fsp3) is 0.737. The second-order valence-corrected chi connectivity index (χ2v) is 6.09. The average molecular weight is 295 g/mol. The van der Waals surface area contributed by atoms with Crippen LogP contribution in [0.15, 0.2) is 12.3 Å². The zero-order valence-electron chi connectivity index (χ0n) is 15.3. The smallest absolute Gasteiger partial charge is 0.145 e. The molecule has 0 aromatic carbocycles. The van der Waals surface area contributed by atoms with Crippen LogP contribution < -0.4 is 0 Å². The molecule has 122 valence electrons. The summed E-state index contributed by atoms with van der Waals surface area (Å²) in [6.07, 6.45) is 5.71. The van der Waals surface area contributed by atoms with Crippen molar-refractivity contribution in [3.05, 3.63) is 29.3 Å². The lowest BCUT2D eigenvalue weighted by atomic mass is 9.77. The van der Waals surface area contributed by atoms with Crippen LogP contribution in [0.5, 0.6) is 0 Å². The van der Waals surface area contributed by atoms with Crippen LogP contribution in [-0.4, -0.2) is 4.98 Å². The molecule has 0 amide bonds. The third-order valence-corrected chi connectivity index (χ3v) is 5.23. The van der Waals surface area contributed by atoms with E-state index < -0.39 is 0 Å². The van der Waals surface area contributed by atoms with E-state index in [-0.39, 0.29) is 16.6 Å². The van der Waals surface area contributed by atoms with Crippen molar-refractivity contribution in [3.8, 4) is 0 Å². The van der Waals surface area contributed by atoms with E-state index in [2.05, 4.69) is 46.5 Å². The van der Waals surface area contributed by atoms with Crippen LogP contribution in [-0.2, 0) is 10.8 Å². The zero-order chi connectivity index (χ0) is 16.7. The highest BCUT2D eigenvalue weighted by Gasteiger charge is 2.30. The molecule has 1 rings (SSSR count). The molecule has 0 N–H and O–H groups in total. The second-order valence-electron chi connectivity index (χ2n) is 6.09. The predicted octanol–water partition coefficient (Wildman–Crippen LogP) is 6.40. The molecule has 0 aliphatic rings. The Bertz CT molecular complexity index is 418. The fourth-order valence-electron chi connectivity index (χ4n) is 2.46. The molecule has 1 aromatic heterocycles. The lowest BCUT2D eigenvalue weighted by Gasteiger charge is -2.30. The molecule has 1 nitrogen and oxygen atoms in total. The van der Waals surface area contributed by atoms with Gasteiger partial charge in [-0.25, -0.2) is 4.39 Å². The van der Waals surface area contributed by atoms with Gasteiger partial charge in [0.1, 0.15) is 5.82 Å². The first-order valence-corrected chi connectivity index (χ1v) is 8.53. The molecule has 0 saturated heterocycles. The van der Waals surface area contributed by atoms with E-state index in [9.17, 15) is 4.39 Å². The molecule has 1 aromatic rings. The van der Waals surface area contributed by atoms with Gasteiger partial charge in [0.05, 0.1) is 5.69 Å². The number of pyridine rings is 1. The number of nitrogens with zero attached hydrogens (tertiary/aromatic N) is 1. The van der Waals surface area contributed by atoms with Gasteiger partial charge in [-0.2, -0.15) is 0 Å². The summed E-state index contributed by atoms with van der Waals surface area (Å²) in [6.45, 7) is 16.8. The summed E-state index contributed by atoms with van der Waals surface area (Å²) in [5, 5.41) is 0. The van der Waals surface area contributed by atoms with Crippen molar-refractivity contribution in [2.24, 2.45) is 0 Å². The van der Waals surface area contributed by atoms with E-state index in [1.54, 1.807) is 6.07 Å². The molecular formula is C19H34FN. The lowest BCUT2D eigenvalue weighted by Crippen LogP contribution is -2.25. The van der Waals surface area contributed by atoms with Gasteiger partial charge < -0.3 is 0 Å². The van der Waals surface area contributed by atoms with E-state index in [0.29, 0.717) is 5.69 Å². The van der Waals surface area contributed by atoms with Crippen LogP contribution in [0.1, 0.15) is 92.3 Å². The third-order valence-electron chi connectivity index (χ3n) is 5.23. The Kier molecular flexibility index (Phi) is 8.13. The Labute approximate surface area is 131 Å². The van der Waals surface area contributed by atoms with Crippen molar-refractivity contribution in [2.45, 2.75) is 91.9 Å². The first-order valence-electron chi connectivity index (χ1n) is 8.53. The largest absolute Gasteiger partial charge is 0.257 e. The minimum Gasteiger partial charge on any atom is -0.257 e. The minimum absolute atomic E-state index is 0.0290. The highest BCUT2D eigenvalue weighted by molar-refractivity contribution is 5.27. The van der Waals surface area contributed by atoms with Crippen molar-refractivity contribution in [1.29, 1.82) is 0 Å². The SMILES string of the molecule is CC.CCC(C)(CC)c1cnc(C(C)(CC)CC)c(F)c1. The molecule has 1 heterocycles. The van der Waals surface area contributed by atoms with Gasteiger partial charge >= 0.3 is 0 Å². The molecule has 0 aliphatic heterocycles. The second kappa shape index (κ2) is 8.51. The topological polar surface area (TPSA) is 12.9 Å². The van der Waals surface area contributed by atoms with Crippen molar-refractivity contribution in [1.82, 2.24) is 4.98 Å². The van der Waals surface area contributed by atoms with Gasteiger partial charge in [0, 0.05) is 11.6 Å². The molecule has 2 heteroatoms. The number of rotatable bonds is 6. The quantitative estimate of drug-likeness (QED) is 0.591. The van der Waals surface area contributed by atoms with Crippen LogP contribution >= 0.6 is 0 Å². The molecule has 0 unspecified atom stereocenters. The van der Waals surface area contributed by atoms with Gasteiger partial charge in [-0.3, -0.25) is 4.98 Å². The van der Waals surface area contributed by atoms with E-state index >= 15 is 0 Å². The minimum atomic E-state index is -0.155. The Morgan fingerprint density at radius 1 is 0.905 bits per heavy atom. The van der Waals surface area contributed by atoms with Gasteiger partial charge in [0.15, 0.2) is 0 Å². The summed E-state index contributed by atoms with van der Waals surface area (Å²) >= 11 is 0. The summed E-state index contributed by atoms with van der Waals surface area (Å²) in [4.78, 5) is 4.48. The number of hydrogen-bond acceptors (Lipinski definition) is 1. The maximum absolute atomic E-state index is 14.5. The predicted molar refractivity (Wildman–Crippen MR) is 91.4 cm³/mol. The van der Waals surface area contributed by atoms with Crippen LogP contribution in [0.25, 0.3) is 0 Å². The first-order chi connectivity index (χ1) is 9.86. The van der Waals surface area contributed by atoms with E-state index in [1.807, 2.05) is 20.0 Å². The Hall–Kier alpha value is -0.920. The molecule has 0 atom stereocenters. The monoisotopic (exact) mass is 295 g/mol. The molecule has 0 fully saturated rings.